The summed E-state index contributed by atoms with van der Waals surface area (Å²) in [5.74, 6) is 2.43. The highest BCUT2D eigenvalue weighted by Crippen LogP contribution is 2.34. The standard InChI is InChI=1S/C20H25N4/c1-12(2)23-11-19(22(6)15(23)5)17-9-18-16(7-13(17)3)8-20-21-14(4)10-24(18)20/h7,9-12H,8H2,1-6H3/q+1. The lowest BCUT2D eigenvalue weighted by Crippen LogP contribution is -2.37. The van der Waals surface area contributed by atoms with E-state index in [0.29, 0.717) is 6.04 Å². The van der Waals surface area contributed by atoms with Crippen molar-refractivity contribution < 1.29 is 4.57 Å². The molecule has 1 aromatic carbocycles. The van der Waals surface area contributed by atoms with E-state index in [4.69, 9.17) is 0 Å². The molecule has 4 nitrogen and oxygen atoms in total. The molecule has 0 saturated heterocycles. The highest BCUT2D eigenvalue weighted by molar-refractivity contribution is 5.69. The molecule has 0 radical (unpaired) electrons. The summed E-state index contributed by atoms with van der Waals surface area (Å²) in [6, 6.07) is 5.13. The molecule has 0 spiro atoms. The minimum atomic E-state index is 0.461. The molecule has 3 aromatic rings. The van der Waals surface area contributed by atoms with Gasteiger partial charge in [0.25, 0.3) is 5.82 Å². The van der Waals surface area contributed by atoms with Gasteiger partial charge >= 0.3 is 0 Å². The quantitative estimate of drug-likeness (QED) is 0.518. The number of benzene rings is 1. The lowest BCUT2D eigenvalue weighted by atomic mass is 10.0. The number of hydrogen-bond acceptors (Lipinski definition) is 1. The van der Waals surface area contributed by atoms with Gasteiger partial charge in [0, 0.05) is 25.1 Å². The molecule has 4 rings (SSSR count). The first-order valence-corrected chi connectivity index (χ1v) is 8.63. The van der Waals surface area contributed by atoms with Crippen LogP contribution in [0, 0.1) is 20.8 Å². The van der Waals surface area contributed by atoms with Crippen molar-refractivity contribution in [1.29, 1.82) is 0 Å². The fraction of sp³-hybridized carbons (Fsp3) is 0.400. The van der Waals surface area contributed by atoms with Gasteiger partial charge < -0.3 is 4.57 Å². The third-order valence-corrected chi connectivity index (χ3v) is 5.25. The van der Waals surface area contributed by atoms with Crippen molar-refractivity contribution in [3.63, 3.8) is 0 Å². The number of aryl methyl sites for hydroxylation is 2. The van der Waals surface area contributed by atoms with E-state index in [1.54, 1.807) is 0 Å². The van der Waals surface area contributed by atoms with Gasteiger partial charge in [-0.15, -0.1) is 0 Å². The Morgan fingerprint density at radius 1 is 1.17 bits per heavy atom. The monoisotopic (exact) mass is 321 g/mol. The third kappa shape index (κ3) is 2.05. The number of aromatic nitrogens is 4. The second-order valence-corrected chi connectivity index (χ2v) is 7.26. The van der Waals surface area contributed by atoms with E-state index in [-0.39, 0.29) is 0 Å². The number of imidazole rings is 2. The Kier molecular flexibility index (Phi) is 3.21. The van der Waals surface area contributed by atoms with Crippen LogP contribution in [0.2, 0.25) is 0 Å². The summed E-state index contributed by atoms with van der Waals surface area (Å²) in [5.41, 5.74) is 7.64. The average Bonchev–Trinajstić information content (AvgIpc) is 3.11. The van der Waals surface area contributed by atoms with E-state index in [2.05, 4.69) is 84.9 Å². The van der Waals surface area contributed by atoms with Crippen LogP contribution in [0.25, 0.3) is 16.9 Å². The van der Waals surface area contributed by atoms with Gasteiger partial charge in [0.05, 0.1) is 24.5 Å². The first-order chi connectivity index (χ1) is 11.4. The summed E-state index contributed by atoms with van der Waals surface area (Å²) in [7, 11) is 2.16. The Hall–Kier alpha value is -2.36. The van der Waals surface area contributed by atoms with Crippen LogP contribution in [0.4, 0.5) is 0 Å². The van der Waals surface area contributed by atoms with Crippen LogP contribution in [-0.4, -0.2) is 14.1 Å². The van der Waals surface area contributed by atoms with Gasteiger partial charge in [-0.25, -0.2) is 14.1 Å². The normalized spacial score (nSPS) is 12.8. The van der Waals surface area contributed by atoms with E-state index in [1.165, 1.54) is 33.9 Å². The SMILES string of the molecule is Cc1cn2c(n1)Cc1cc(C)c(-c3c[n+](C(C)C)c(C)n3C)cc1-2. The second kappa shape index (κ2) is 5.07. The molecule has 3 heterocycles. The molecule has 0 aliphatic carbocycles. The van der Waals surface area contributed by atoms with Gasteiger partial charge in [0.2, 0.25) is 0 Å². The zero-order chi connectivity index (χ0) is 17.2. The molecule has 1 aliphatic heterocycles. The molecular formula is C20H25N4+. The Morgan fingerprint density at radius 2 is 1.92 bits per heavy atom. The maximum absolute atomic E-state index is 4.65. The smallest absolute Gasteiger partial charge is 0.253 e. The van der Waals surface area contributed by atoms with Crippen molar-refractivity contribution in [3.05, 3.63) is 53.0 Å². The van der Waals surface area contributed by atoms with E-state index < -0.39 is 0 Å². The molecule has 0 saturated carbocycles. The fourth-order valence-electron chi connectivity index (χ4n) is 3.88. The zero-order valence-electron chi connectivity index (χ0n) is 15.4. The van der Waals surface area contributed by atoms with Crippen molar-refractivity contribution >= 4 is 0 Å². The number of fused-ring (bicyclic) bond motifs is 3. The van der Waals surface area contributed by atoms with E-state index >= 15 is 0 Å². The lowest BCUT2D eigenvalue weighted by Gasteiger charge is -2.08. The number of nitrogens with zero attached hydrogens (tertiary/aromatic N) is 4. The van der Waals surface area contributed by atoms with Crippen LogP contribution in [0.15, 0.2) is 24.5 Å². The van der Waals surface area contributed by atoms with E-state index in [0.717, 1.165) is 17.9 Å². The lowest BCUT2D eigenvalue weighted by molar-refractivity contribution is -0.721. The summed E-state index contributed by atoms with van der Waals surface area (Å²) in [6.45, 7) is 10.9. The fourth-order valence-corrected chi connectivity index (χ4v) is 3.88. The molecule has 0 unspecified atom stereocenters. The molecular weight excluding hydrogens is 296 g/mol. The van der Waals surface area contributed by atoms with Crippen LogP contribution in [-0.2, 0) is 13.5 Å². The second-order valence-electron chi connectivity index (χ2n) is 7.26. The highest BCUT2D eigenvalue weighted by Gasteiger charge is 2.25. The minimum Gasteiger partial charge on any atom is -0.303 e. The molecule has 0 fully saturated rings. The third-order valence-electron chi connectivity index (χ3n) is 5.25. The van der Waals surface area contributed by atoms with Crippen molar-refractivity contribution in [1.82, 2.24) is 14.1 Å². The topological polar surface area (TPSA) is 26.6 Å². The average molecular weight is 321 g/mol. The first kappa shape index (κ1) is 15.2. The molecule has 1 aliphatic rings. The van der Waals surface area contributed by atoms with E-state index in [1.807, 2.05) is 0 Å². The predicted molar refractivity (Wildman–Crippen MR) is 95.6 cm³/mol. The minimum absolute atomic E-state index is 0.461. The van der Waals surface area contributed by atoms with Crippen LogP contribution in [0.3, 0.4) is 0 Å². The molecule has 2 aromatic heterocycles. The van der Waals surface area contributed by atoms with Gasteiger partial charge in [-0.05, 0) is 44.9 Å². The number of rotatable bonds is 2. The molecule has 0 atom stereocenters. The predicted octanol–water partition coefficient (Wildman–Crippen LogP) is 3.58. The summed E-state index contributed by atoms with van der Waals surface area (Å²) < 4.78 is 6.89. The molecule has 4 heteroatoms. The Labute approximate surface area is 143 Å². The first-order valence-electron chi connectivity index (χ1n) is 8.63. The molecule has 0 N–H and O–H groups in total. The summed E-state index contributed by atoms with van der Waals surface area (Å²) in [4.78, 5) is 4.65. The maximum Gasteiger partial charge on any atom is 0.253 e. The molecule has 0 amide bonds. The zero-order valence-corrected chi connectivity index (χ0v) is 15.4. The maximum atomic E-state index is 4.65. The Balaban J connectivity index is 1.91. The van der Waals surface area contributed by atoms with Crippen LogP contribution in [0.5, 0.6) is 0 Å². The van der Waals surface area contributed by atoms with Gasteiger partial charge in [-0.3, -0.25) is 0 Å². The van der Waals surface area contributed by atoms with Crippen molar-refractivity contribution in [2.24, 2.45) is 7.05 Å². The van der Waals surface area contributed by atoms with Crippen molar-refractivity contribution in [3.8, 4) is 16.9 Å². The van der Waals surface area contributed by atoms with Gasteiger partial charge in [-0.2, -0.15) is 0 Å². The van der Waals surface area contributed by atoms with Gasteiger partial charge in [0.15, 0.2) is 5.69 Å². The summed E-state index contributed by atoms with van der Waals surface area (Å²) >= 11 is 0. The van der Waals surface area contributed by atoms with Crippen LogP contribution >= 0.6 is 0 Å². The van der Waals surface area contributed by atoms with Crippen molar-refractivity contribution in [2.75, 3.05) is 0 Å². The Morgan fingerprint density at radius 3 is 2.58 bits per heavy atom. The largest absolute Gasteiger partial charge is 0.303 e. The Bertz CT molecular complexity index is 957. The van der Waals surface area contributed by atoms with Crippen molar-refractivity contribution in [2.45, 2.75) is 47.1 Å². The molecule has 24 heavy (non-hydrogen) atoms. The summed E-state index contributed by atoms with van der Waals surface area (Å²) in [5, 5.41) is 0. The van der Waals surface area contributed by atoms with Gasteiger partial charge in [0.1, 0.15) is 12.0 Å². The number of hydrogen-bond donors (Lipinski definition) is 0. The van der Waals surface area contributed by atoms with Crippen LogP contribution in [0.1, 0.15) is 48.4 Å². The van der Waals surface area contributed by atoms with E-state index in [9.17, 15) is 0 Å². The summed E-state index contributed by atoms with van der Waals surface area (Å²) in [6.07, 6.45) is 5.36. The van der Waals surface area contributed by atoms with Gasteiger partial charge in [-0.1, -0.05) is 6.07 Å². The highest BCUT2D eigenvalue weighted by atomic mass is 15.2. The molecule has 124 valence electrons. The molecule has 0 bridgehead atoms. The van der Waals surface area contributed by atoms with Crippen LogP contribution < -0.4 is 4.57 Å².